The van der Waals surface area contributed by atoms with Gasteiger partial charge in [-0.2, -0.15) is 9.97 Å². The number of halogens is 1. The van der Waals surface area contributed by atoms with Gasteiger partial charge in [0.25, 0.3) is 5.91 Å². The molecule has 0 saturated carbocycles. The van der Waals surface area contributed by atoms with Crippen LogP contribution in [0.2, 0.25) is 0 Å². The highest BCUT2D eigenvalue weighted by molar-refractivity contribution is 5.97. The SMILES string of the molecule is [C-]#[N+]C[C@H]1CN(c2nc(OCC3CCN3C(C)C)nc3c2CCN(c2cccc4cccc(C)c24)C3)CCN1C(=O)C(=C)F. The number of likely N-dealkylation sites (tertiary alicyclic amines) is 1. The van der Waals surface area contributed by atoms with Gasteiger partial charge < -0.3 is 24.3 Å². The maximum atomic E-state index is 13.8. The zero-order chi connectivity index (χ0) is 31.0. The van der Waals surface area contributed by atoms with Crippen LogP contribution in [0.1, 0.15) is 37.1 Å². The quantitative estimate of drug-likeness (QED) is 0.274. The Morgan fingerprint density at radius 1 is 1.11 bits per heavy atom. The highest BCUT2D eigenvalue weighted by Crippen LogP contribution is 2.36. The van der Waals surface area contributed by atoms with Gasteiger partial charge in [-0.25, -0.2) is 11.0 Å². The first-order chi connectivity index (χ1) is 21.2. The van der Waals surface area contributed by atoms with Crippen molar-refractivity contribution < 1.29 is 13.9 Å². The molecule has 2 fully saturated rings. The lowest BCUT2D eigenvalue weighted by Crippen LogP contribution is -2.57. The number of nitrogens with zero attached hydrogens (tertiary/aromatic N) is 7. The van der Waals surface area contributed by atoms with Crippen molar-refractivity contribution in [2.75, 3.05) is 55.7 Å². The van der Waals surface area contributed by atoms with Gasteiger partial charge in [0.1, 0.15) is 18.5 Å². The first-order valence-corrected chi connectivity index (χ1v) is 15.5. The number of aromatic nitrogens is 2. The number of ether oxygens (including phenoxy) is 1. The minimum Gasteiger partial charge on any atom is -0.462 e. The van der Waals surface area contributed by atoms with Crippen LogP contribution in [0.3, 0.4) is 0 Å². The van der Waals surface area contributed by atoms with Crippen LogP contribution < -0.4 is 14.5 Å². The van der Waals surface area contributed by atoms with E-state index in [4.69, 9.17) is 21.3 Å². The van der Waals surface area contributed by atoms with Crippen LogP contribution in [0.15, 0.2) is 48.8 Å². The summed E-state index contributed by atoms with van der Waals surface area (Å²) in [7, 11) is 0. The lowest BCUT2D eigenvalue weighted by atomic mass is 9.99. The highest BCUT2D eigenvalue weighted by Gasteiger charge is 2.37. The van der Waals surface area contributed by atoms with Crippen LogP contribution in [-0.2, 0) is 17.8 Å². The Bertz CT molecular complexity index is 1610. The molecule has 1 amide bonds. The zero-order valence-corrected chi connectivity index (χ0v) is 25.8. The maximum Gasteiger partial charge on any atom is 0.318 e. The summed E-state index contributed by atoms with van der Waals surface area (Å²) in [4.78, 5) is 34.4. The molecule has 0 radical (unpaired) electrons. The Balaban J connectivity index is 1.33. The average Bonchev–Trinajstić information content (AvgIpc) is 2.99. The predicted octanol–water partition coefficient (Wildman–Crippen LogP) is 4.78. The minimum absolute atomic E-state index is 0.0765. The fourth-order valence-electron chi connectivity index (χ4n) is 6.91. The number of rotatable bonds is 8. The molecule has 0 bridgehead atoms. The van der Waals surface area contributed by atoms with Gasteiger partial charge in [0.05, 0.1) is 12.2 Å². The number of hydrogen-bond donors (Lipinski definition) is 0. The smallest absolute Gasteiger partial charge is 0.318 e. The average molecular weight is 598 g/mol. The number of piperazine rings is 1. The van der Waals surface area contributed by atoms with Gasteiger partial charge in [-0.15, -0.1) is 0 Å². The number of hydrogen-bond acceptors (Lipinski definition) is 7. The number of anilines is 2. The van der Waals surface area contributed by atoms with Crippen molar-refractivity contribution in [3.63, 3.8) is 0 Å². The first-order valence-electron chi connectivity index (χ1n) is 15.5. The summed E-state index contributed by atoms with van der Waals surface area (Å²) < 4.78 is 20.1. The molecule has 0 aliphatic carbocycles. The summed E-state index contributed by atoms with van der Waals surface area (Å²) in [6.45, 7) is 21.4. The largest absolute Gasteiger partial charge is 0.462 e. The van der Waals surface area contributed by atoms with Gasteiger partial charge >= 0.3 is 6.01 Å². The first kappa shape index (κ1) is 29.8. The van der Waals surface area contributed by atoms with E-state index in [1.165, 1.54) is 26.9 Å². The number of carbonyl (C=O) groups excluding carboxylic acids is 1. The van der Waals surface area contributed by atoms with Crippen LogP contribution in [0.4, 0.5) is 15.9 Å². The van der Waals surface area contributed by atoms with E-state index < -0.39 is 17.8 Å². The van der Waals surface area contributed by atoms with Crippen molar-refractivity contribution in [2.45, 2.75) is 58.3 Å². The lowest BCUT2D eigenvalue weighted by molar-refractivity contribution is -0.131. The van der Waals surface area contributed by atoms with Crippen molar-refractivity contribution in [1.29, 1.82) is 0 Å². The van der Waals surface area contributed by atoms with Crippen molar-refractivity contribution in [3.8, 4) is 6.01 Å². The fraction of sp³-hybridized carbons (Fsp3) is 0.471. The molecule has 3 aromatic rings. The van der Waals surface area contributed by atoms with Gasteiger partial charge in [0.2, 0.25) is 6.54 Å². The normalized spacial score (nSPS) is 20.3. The molecule has 3 aliphatic rings. The maximum absolute atomic E-state index is 13.8. The third-order valence-corrected chi connectivity index (χ3v) is 9.29. The molecule has 2 atom stereocenters. The summed E-state index contributed by atoms with van der Waals surface area (Å²) in [6.07, 6.45) is 1.82. The Hall–Kier alpha value is -4.23. The van der Waals surface area contributed by atoms with Gasteiger partial charge in [0, 0.05) is 61.4 Å². The van der Waals surface area contributed by atoms with Crippen molar-refractivity contribution in [1.82, 2.24) is 19.8 Å². The second-order valence-electron chi connectivity index (χ2n) is 12.3. The molecule has 1 aromatic heterocycles. The predicted molar refractivity (Wildman–Crippen MR) is 171 cm³/mol. The van der Waals surface area contributed by atoms with E-state index in [1.807, 2.05) is 0 Å². The summed E-state index contributed by atoms with van der Waals surface area (Å²) >= 11 is 0. The van der Waals surface area contributed by atoms with Gasteiger partial charge in [-0.05, 0) is 50.6 Å². The molecule has 0 spiro atoms. The fourth-order valence-corrected chi connectivity index (χ4v) is 6.91. The molecule has 2 aromatic carbocycles. The molecular formula is C34H40FN7O2. The molecule has 1 unspecified atom stereocenters. The summed E-state index contributed by atoms with van der Waals surface area (Å²) in [5.41, 5.74) is 4.41. The molecule has 10 heteroatoms. The Morgan fingerprint density at radius 2 is 1.91 bits per heavy atom. The number of carbonyl (C=O) groups is 1. The molecule has 230 valence electrons. The number of fused-ring (bicyclic) bond motifs is 2. The number of amides is 1. The minimum atomic E-state index is -1.00. The van der Waals surface area contributed by atoms with Crippen LogP contribution in [-0.4, -0.2) is 89.7 Å². The van der Waals surface area contributed by atoms with E-state index in [0.717, 1.165) is 43.0 Å². The lowest BCUT2D eigenvalue weighted by Gasteiger charge is -2.43. The molecule has 9 nitrogen and oxygen atoms in total. The van der Waals surface area contributed by atoms with E-state index in [0.29, 0.717) is 44.3 Å². The molecule has 4 heterocycles. The van der Waals surface area contributed by atoms with Gasteiger partial charge in [0.15, 0.2) is 5.83 Å². The third kappa shape index (κ3) is 5.69. The summed E-state index contributed by atoms with van der Waals surface area (Å²) in [5, 5.41) is 2.46. The standard InChI is InChI=1S/C34H40FN7O2/c1-22(2)41-15-12-26(41)21-44-34-37-29-20-39(30-11-7-10-25-9-6-8-23(3)31(25)30)14-13-28(29)32(38-34)40-16-17-42(33(43)24(4)35)27(19-40)18-36-5/h6-11,22,26-27H,4,12-21H2,1-3H3/t26?,27-/m0/s1. The third-order valence-electron chi connectivity index (χ3n) is 9.29. The topological polar surface area (TPSA) is 69.4 Å². The molecule has 0 N–H and O–H groups in total. The van der Waals surface area contributed by atoms with Crippen molar-refractivity contribution in [2.24, 2.45) is 0 Å². The monoisotopic (exact) mass is 597 g/mol. The summed E-state index contributed by atoms with van der Waals surface area (Å²) in [6, 6.07) is 13.5. The molecule has 44 heavy (non-hydrogen) atoms. The van der Waals surface area contributed by atoms with E-state index in [-0.39, 0.29) is 13.1 Å². The van der Waals surface area contributed by atoms with Crippen LogP contribution in [0.25, 0.3) is 15.6 Å². The molecule has 3 aliphatic heterocycles. The molecule has 2 saturated heterocycles. The second-order valence-corrected chi connectivity index (χ2v) is 12.3. The Labute approximate surface area is 258 Å². The van der Waals surface area contributed by atoms with Crippen molar-refractivity contribution >= 4 is 28.2 Å². The molecular weight excluding hydrogens is 557 g/mol. The summed E-state index contributed by atoms with van der Waals surface area (Å²) in [5.74, 6) is -0.962. The highest BCUT2D eigenvalue weighted by atomic mass is 19.1. The van der Waals surface area contributed by atoms with E-state index in [9.17, 15) is 9.18 Å². The van der Waals surface area contributed by atoms with Crippen LogP contribution in [0.5, 0.6) is 6.01 Å². The van der Waals surface area contributed by atoms with E-state index in [1.54, 1.807) is 0 Å². The van der Waals surface area contributed by atoms with Crippen molar-refractivity contribution in [3.05, 3.63) is 77.0 Å². The number of aryl methyl sites for hydroxylation is 1. The zero-order valence-electron chi connectivity index (χ0n) is 25.8. The van der Waals surface area contributed by atoms with E-state index >= 15 is 0 Å². The molecule has 6 rings (SSSR count). The van der Waals surface area contributed by atoms with Gasteiger partial charge in [-0.3, -0.25) is 9.69 Å². The van der Waals surface area contributed by atoms with Crippen LogP contribution in [0, 0.1) is 13.5 Å². The van der Waals surface area contributed by atoms with E-state index in [2.05, 4.69) is 83.3 Å². The Kier molecular flexibility index (Phi) is 8.41. The number of benzene rings is 2. The second kappa shape index (κ2) is 12.4. The van der Waals surface area contributed by atoms with Gasteiger partial charge in [-0.1, -0.05) is 36.9 Å². The van der Waals surface area contributed by atoms with Crippen LogP contribution >= 0.6 is 0 Å². The Morgan fingerprint density at radius 3 is 2.61 bits per heavy atom.